The molecule has 2 aromatic heterocycles. The Morgan fingerprint density at radius 1 is 1.24 bits per heavy atom. The van der Waals surface area contributed by atoms with Gasteiger partial charge in [0.25, 0.3) is 5.91 Å². The van der Waals surface area contributed by atoms with E-state index in [1.807, 2.05) is 40.8 Å². The number of carbonyl (C=O) groups is 1. The molecule has 0 N–H and O–H groups in total. The molecule has 4 heterocycles. The summed E-state index contributed by atoms with van der Waals surface area (Å²) in [6.07, 6.45) is 1.13. The summed E-state index contributed by atoms with van der Waals surface area (Å²) < 4.78 is 6.10. The number of rotatable bonds is 2. The third kappa shape index (κ3) is 3.52. The van der Waals surface area contributed by atoms with Crippen molar-refractivity contribution in [1.29, 1.82) is 0 Å². The first-order valence-electron chi connectivity index (χ1n) is 8.69. The van der Waals surface area contributed by atoms with E-state index in [0.29, 0.717) is 19.1 Å². The van der Waals surface area contributed by atoms with E-state index in [1.165, 1.54) is 0 Å². The number of ether oxygens (including phenoxy) is 1. The van der Waals surface area contributed by atoms with Gasteiger partial charge in [-0.05, 0) is 36.9 Å². The summed E-state index contributed by atoms with van der Waals surface area (Å²) in [6, 6.07) is 5.91. The zero-order chi connectivity index (χ0) is 17.2. The Morgan fingerprint density at radius 3 is 2.92 bits per heavy atom. The average molecular weight is 358 g/mol. The van der Waals surface area contributed by atoms with Crippen molar-refractivity contribution < 1.29 is 9.53 Å². The maximum Gasteiger partial charge on any atom is 0.254 e. The first-order valence-corrected chi connectivity index (χ1v) is 9.63. The summed E-state index contributed by atoms with van der Waals surface area (Å²) >= 11 is 1.56. The highest BCUT2D eigenvalue weighted by molar-refractivity contribution is 7.08. The molecule has 2 aliphatic rings. The quantitative estimate of drug-likeness (QED) is 0.824. The van der Waals surface area contributed by atoms with Crippen molar-refractivity contribution in [1.82, 2.24) is 15.1 Å². The molecule has 2 fully saturated rings. The molecular formula is C18H22N4O2S. The van der Waals surface area contributed by atoms with Crippen LogP contribution in [0.5, 0.6) is 0 Å². The lowest BCUT2D eigenvalue weighted by molar-refractivity contribution is 0.0251. The van der Waals surface area contributed by atoms with Gasteiger partial charge in [-0.15, -0.1) is 5.10 Å². The molecule has 132 valence electrons. The van der Waals surface area contributed by atoms with Crippen molar-refractivity contribution in [3.8, 4) is 0 Å². The topological polar surface area (TPSA) is 58.6 Å². The number of thiophene rings is 1. The summed E-state index contributed by atoms with van der Waals surface area (Å²) in [5, 5.41) is 12.3. The lowest BCUT2D eigenvalue weighted by Gasteiger charge is -2.38. The molecule has 1 amide bonds. The van der Waals surface area contributed by atoms with E-state index in [4.69, 9.17) is 4.74 Å². The number of aryl methyl sites for hydroxylation is 1. The van der Waals surface area contributed by atoms with Crippen LogP contribution in [0.15, 0.2) is 29.0 Å². The Kier molecular flexibility index (Phi) is 4.67. The van der Waals surface area contributed by atoms with Gasteiger partial charge in [0.15, 0.2) is 5.82 Å². The van der Waals surface area contributed by atoms with E-state index in [1.54, 1.807) is 11.3 Å². The molecular weight excluding hydrogens is 336 g/mol. The first-order chi connectivity index (χ1) is 12.2. The van der Waals surface area contributed by atoms with Crippen LogP contribution in [0.4, 0.5) is 5.82 Å². The molecule has 2 saturated heterocycles. The number of amides is 1. The number of aromatic nitrogens is 2. The van der Waals surface area contributed by atoms with Gasteiger partial charge in [-0.25, -0.2) is 0 Å². The fourth-order valence-corrected chi connectivity index (χ4v) is 4.20. The van der Waals surface area contributed by atoms with E-state index < -0.39 is 0 Å². The Morgan fingerprint density at radius 2 is 2.16 bits per heavy atom. The maximum atomic E-state index is 12.7. The SMILES string of the molecule is Cc1ccc(N2CC[C@H]3CN(C(=O)c4ccsc4)CCO[C@H]3C2)nn1. The molecule has 0 aromatic carbocycles. The zero-order valence-corrected chi connectivity index (χ0v) is 15.1. The number of carbonyl (C=O) groups excluding carboxylic acids is 1. The fourth-order valence-electron chi connectivity index (χ4n) is 3.57. The first kappa shape index (κ1) is 16.5. The van der Waals surface area contributed by atoms with E-state index in [2.05, 4.69) is 15.1 Å². The van der Waals surface area contributed by atoms with Crippen molar-refractivity contribution in [3.05, 3.63) is 40.2 Å². The van der Waals surface area contributed by atoms with E-state index in [9.17, 15) is 4.79 Å². The van der Waals surface area contributed by atoms with Crippen LogP contribution in [0.1, 0.15) is 22.5 Å². The number of hydrogen-bond donors (Lipinski definition) is 0. The van der Waals surface area contributed by atoms with Crippen LogP contribution in [-0.2, 0) is 4.74 Å². The number of nitrogens with zero attached hydrogens (tertiary/aromatic N) is 4. The second kappa shape index (κ2) is 7.09. The van der Waals surface area contributed by atoms with Crippen molar-refractivity contribution in [2.45, 2.75) is 19.4 Å². The Bertz CT molecular complexity index is 719. The van der Waals surface area contributed by atoms with Crippen LogP contribution in [0.25, 0.3) is 0 Å². The smallest absolute Gasteiger partial charge is 0.254 e. The van der Waals surface area contributed by atoms with Crippen molar-refractivity contribution in [2.24, 2.45) is 5.92 Å². The molecule has 0 radical (unpaired) electrons. The summed E-state index contributed by atoms with van der Waals surface area (Å²) in [4.78, 5) is 16.8. The number of piperidine rings is 1. The highest BCUT2D eigenvalue weighted by Crippen LogP contribution is 2.27. The number of anilines is 1. The van der Waals surface area contributed by atoms with E-state index in [0.717, 1.165) is 43.1 Å². The largest absolute Gasteiger partial charge is 0.374 e. The van der Waals surface area contributed by atoms with Gasteiger partial charge in [0.05, 0.1) is 24.0 Å². The summed E-state index contributed by atoms with van der Waals surface area (Å²) in [6.45, 7) is 5.69. The second-order valence-corrected chi connectivity index (χ2v) is 7.48. The lowest BCUT2D eigenvalue weighted by atomic mass is 9.93. The van der Waals surface area contributed by atoms with Crippen molar-refractivity contribution in [3.63, 3.8) is 0 Å². The Hall–Kier alpha value is -1.99. The van der Waals surface area contributed by atoms with Crippen molar-refractivity contribution >= 4 is 23.1 Å². The van der Waals surface area contributed by atoms with Crippen LogP contribution >= 0.6 is 11.3 Å². The monoisotopic (exact) mass is 358 g/mol. The number of hydrogen-bond acceptors (Lipinski definition) is 6. The normalized spacial score (nSPS) is 23.9. The molecule has 7 heteroatoms. The van der Waals surface area contributed by atoms with Gasteiger partial charge in [-0.1, -0.05) is 0 Å². The molecule has 25 heavy (non-hydrogen) atoms. The Balaban J connectivity index is 1.43. The van der Waals surface area contributed by atoms with Crippen LogP contribution in [0.3, 0.4) is 0 Å². The Labute approximate surface area is 151 Å². The second-order valence-electron chi connectivity index (χ2n) is 6.70. The predicted molar refractivity (Wildman–Crippen MR) is 97.1 cm³/mol. The summed E-state index contributed by atoms with van der Waals surface area (Å²) in [7, 11) is 0. The third-order valence-corrected chi connectivity index (χ3v) is 5.69. The van der Waals surface area contributed by atoms with Crippen LogP contribution < -0.4 is 4.90 Å². The van der Waals surface area contributed by atoms with Gasteiger partial charge in [-0.2, -0.15) is 16.4 Å². The standard InChI is InChI=1S/C18H22N4O2S/c1-13-2-3-17(20-19-13)21-6-4-14-10-22(7-8-24-16(14)11-21)18(23)15-5-9-25-12-15/h2-3,5,9,12,14,16H,4,6-8,10-11H2,1H3/t14-,16-/m0/s1. The molecule has 6 nitrogen and oxygen atoms in total. The minimum atomic E-state index is 0.123. The molecule has 4 rings (SSSR count). The van der Waals surface area contributed by atoms with Gasteiger partial charge < -0.3 is 14.5 Å². The highest BCUT2D eigenvalue weighted by Gasteiger charge is 2.35. The van der Waals surface area contributed by atoms with Crippen LogP contribution in [0, 0.1) is 12.8 Å². The van der Waals surface area contributed by atoms with Gasteiger partial charge in [0, 0.05) is 37.5 Å². The minimum Gasteiger partial charge on any atom is -0.374 e. The van der Waals surface area contributed by atoms with E-state index in [-0.39, 0.29) is 12.0 Å². The molecule has 0 saturated carbocycles. The molecule has 0 unspecified atom stereocenters. The molecule has 2 aromatic rings. The van der Waals surface area contributed by atoms with Crippen LogP contribution in [0.2, 0.25) is 0 Å². The molecule has 0 bridgehead atoms. The van der Waals surface area contributed by atoms with Crippen molar-refractivity contribution in [2.75, 3.05) is 37.7 Å². The number of fused-ring (bicyclic) bond motifs is 1. The zero-order valence-electron chi connectivity index (χ0n) is 14.3. The van der Waals surface area contributed by atoms with Gasteiger partial charge in [0.1, 0.15) is 0 Å². The van der Waals surface area contributed by atoms with Gasteiger partial charge in [-0.3, -0.25) is 4.79 Å². The predicted octanol–water partition coefficient (Wildman–Crippen LogP) is 2.21. The fraction of sp³-hybridized carbons (Fsp3) is 0.500. The van der Waals surface area contributed by atoms with Crippen LogP contribution in [-0.4, -0.2) is 59.9 Å². The highest BCUT2D eigenvalue weighted by atomic mass is 32.1. The summed E-state index contributed by atoms with van der Waals surface area (Å²) in [5.74, 6) is 1.40. The van der Waals surface area contributed by atoms with Gasteiger partial charge >= 0.3 is 0 Å². The lowest BCUT2D eigenvalue weighted by Crippen LogP contribution is -2.47. The third-order valence-electron chi connectivity index (χ3n) is 5.01. The molecule has 0 spiro atoms. The van der Waals surface area contributed by atoms with Gasteiger partial charge in [0.2, 0.25) is 0 Å². The molecule has 2 aliphatic heterocycles. The molecule has 0 aliphatic carbocycles. The summed E-state index contributed by atoms with van der Waals surface area (Å²) in [5.41, 5.74) is 1.71. The van der Waals surface area contributed by atoms with E-state index >= 15 is 0 Å². The molecule has 2 atom stereocenters. The maximum absolute atomic E-state index is 12.7. The minimum absolute atomic E-state index is 0.123. The average Bonchev–Trinajstić information content (AvgIpc) is 3.08.